The molecule has 0 amide bonds. The van der Waals surface area contributed by atoms with Crippen molar-refractivity contribution in [2.75, 3.05) is 19.8 Å². The highest BCUT2D eigenvalue weighted by Gasteiger charge is 2.35. The van der Waals surface area contributed by atoms with Gasteiger partial charge in [0.05, 0.1) is 51.3 Å². The molecule has 6 rings (SSSR count). The van der Waals surface area contributed by atoms with Crippen LogP contribution in [-0.2, 0) is 40.3 Å². The third kappa shape index (κ3) is 7.71. The van der Waals surface area contributed by atoms with Gasteiger partial charge in [-0.1, -0.05) is 72.8 Å². The van der Waals surface area contributed by atoms with E-state index in [9.17, 15) is 0 Å². The zero-order valence-electron chi connectivity index (χ0n) is 26.0. The first-order chi connectivity index (χ1) is 21.7. The maximum Gasteiger partial charge on any atom is 0.128 e. The fourth-order valence-corrected chi connectivity index (χ4v) is 6.39. The van der Waals surface area contributed by atoms with Crippen molar-refractivity contribution in [1.29, 1.82) is 0 Å². The predicted octanol–water partition coefficient (Wildman–Crippen LogP) is 8.33. The third-order valence-corrected chi connectivity index (χ3v) is 8.70. The van der Waals surface area contributed by atoms with Crippen LogP contribution in [0.25, 0.3) is 0 Å². The lowest BCUT2D eigenvalue weighted by molar-refractivity contribution is -0.142. The summed E-state index contributed by atoms with van der Waals surface area (Å²) in [5.41, 5.74) is 8.72. The molecular weight excluding hydrogens is 548 g/mol. The Hall–Kier alpha value is -3.64. The van der Waals surface area contributed by atoms with E-state index in [0.29, 0.717) is 26.4 Å². The molecule has 0 bridgehead atoms. The quantitative estimate of drug-likeness (QED) is 0.166. The van der Waals surface area contributed by atoms with Crippen molar-refractivity contribution in [1.82, 2.24) is 0 Å². The van der Waals surface area contributed by atoms with E-state index in [-0.39, 0.29) is 18.3 Å². The van der Waals surface area contributed by atoms with E-state index in [1.54, 1.807) is 0 Å². The van der Waals surface area contributed by atoms with Gasteiger partial charge in [-0.15, -0.1) is 0 Å². The fraction of sp³-hybridized carbons (Fsp3) is 0.385. The van der Waals surface area contributed by atoms with E-state index < -0.39 is 0 Å². The van der Waals surface area contributed by atoms with Gasteiger partial charge in [-0.2, -0.15) is 0 Å². The van der Waals surface area contributed by atoms with Crippen LogP contribution in [0.3, 0.4) is 0 Å². The van der Waals surface area contributed by atoms with Crippen LogP contribution in [0.15, 0.2) is 91.0 Å². The Kier molecular flexibility index (Phi) is 10.3. The van der Waals surface area contributed by atoms with Gasteiger partial charge in [-0.3, -0.25) is 0 Å². The van der Waals surface area contributed by atoms with Gasteiger partial charge in [-0.05, 0) is 84.7 Å². The first-order valence-corrected chi connectivity index (χ1v) is 16.1. The van der Waals surface area contributed by atoms with Crippen LogP contribution < -0.4 is 9.47 Å². The van der Waals surface area contributed by atoms with E-state index in [2.05, 4.69) is 73.7 Å². The summed E-state index contributed by atoms with van der Waals surface area (Å²) in [7, 11) is 0. The van der Waals surface area contributed by atoms with E-state index in [4.69, 9.17) is 23.7 Å². The monoisotopic (exact) mass is 592 g/mol. The van der Waals surface area contributed by atoms with Gasteiger partial charge in [0.2, 0.25) is 0 Å². The molecule has 1 saturated heterocycles. The molecule has 4 aromatic carbocycles. The first-order valence-electron chi connectivity index (χ1n) is 16.1. The molecule has 5 nitrogen and oxygen atoms in total. The minimum atomic E-state index is -0.138. The van der Waals surface area contributed by atoms with Crippen LogP contribution in [0.4, 0.5) is 0 Å². The summed E-state index contributed by atoms with van der Waals surface area (Å²) >= 11 is 0. The number of fused-ring (bicyclic) bond motifs is 1. The molecule has 230 valence electrons. The Bertz CT molecular complexity index is 1470. The van der Waals surface area contributed by atoms with Gasteiger partial charge in [-0.25, -0.2) is 0 Å². The van der Waals surface area contributed by atoms with Crippen molar-refractivity contribution in [3.63, 3.8) is 0 Å². The highest BCUT2D eigenvalue weighted by Crippen LogP contribution is 2.43. The van der Waals surface area contributed by atoms with Gasteiger partial charge >= 0.3 is 0 Å². The molecule has 0 saturated carbocycles. The molecular formula is C39H44O5. The molecule has 5 heteroatoms. The Morgan fingerprint density at radius 3 is 2.27 bits per heavy atom. The van der Waals surface area contributed by atoms with Crippen molar-refractivity contribution in [3.05, 3.63) is 130 Å². The Balaban J connectivity index is 1.25. The number of hydrogen-bond donors (Lipinski definition) is 0. The molecule has 1 fully saturated rings. The van der Waals surface area contributed by atoms with E-state index in [1.165, 1.54) is 27.8 Å². The third-order valence-electron chi connectivity index (χ3n) is 8.70. The molecule has 0 aromatic heterocycles. The number of ether oxygens (including phenoxy) is 5. The van der Waals surface area contributed by atoms with E-state index in [1.807, 2.05) is 31.2 Å². The van der Waals surface area contributed by atoms with E-state index in [0.717, 1.165) is 61.3 Å². The molecule has 2 heterocycles. The lowest BCUT2D eigenvalue weighted by Crippen LogP contribution is -2.36. The van der Waals surface area contributed by atoms with E-state index >= 15 is 0 Å². The largest absolute Gasteiger partial charge is 0.494 e. The standard InChI is InChI=1S/C39H44O5/c1-3-41-33-18-16-29(17-19-33)21-32-22-37(39-36(28(32)2)15-10-20-42-39)38-24-34(43-26-31-13-8-5-9-14-31)23-35(44-38)27-40-25-30-11-6-4-7-12-30/h4-9,11-14,16-19,22,34-35,38H,3,10,15,20-21,23-27H2,1-2H3. The molecule has 2 aliphatic heterocycles. The maximum absolute atomic E-state index is 6.84. The van der Waals surface area contributed by atoms with Crippen LogP contribution >= 0.6 is 0 Å². The van der Waals surface area contributed by atoms with Crippen molar-refractivity contribution < 1.29 is 23.7 Å². The number of rotatable bonds is 12. The summed E-state index contributed by atoms with van der Waals surface area (Å²) in [4.78, 5) is 0. The second-order valence-corrected chi connectivity index (χ2v) is 11.9. The van der Waals surface area contributed by atoms with Gasteiger partial charge in [0.1, 0.15) is 11.5 Å². The highest BCUT2D eigenvalue weighted by atomic mass is 16.5. The van der Waals surface area contributed by atoms with Crippen molar-refractivity contribution in [3.8, 4) is 11.5 Å². The summed E-state index contributed by atoms with van der Waals surface area (Å²) < 4.78 is 31.7. The summed E-state index contributed by atoms with van der Waals surface area (Å²) in [6.07, 6.45) is 4.32. The minimum absolute atomic E-state index is 0.0504. The second kappa shape index (κ2) is 14.9. The van der Waals surface area contributed by atoms with Crippen molar-refractivity contribution >= 4 is 0 Å². The van der Waals surface area contributed by atoms with Crippen molar-refractivity contribution in [2.24, 2.45) is 0 Å². The minimum Gasteiger partial charge on any atom is -0.494 e. The summed E-state index contributed by atoms with van der Waals surface area (Å²) in [6.45, 7) is 7.33. The molecule has 0 N–H and O–H groups in total. The SMILES string of the molecule is CCOc1ccc(Cc2cc(C3CC(OCc4ccccc4)CC(COCc4ccccc4)O3)c3c(c2C)CCCO3)cc1. The molecule has 2 aliphatic rings. The fourth-order valence-electron chi connectivity index (χ4n) is 6.39. The number of hydrogen-bond acceptors (Lipinski definition) is 5. The van der Waals surface area contributed by atoms with Crippen LogP contribution in [0.5, 0.6) is 11.5 Å². The first kappa shape index (κ1) is 30.4. The van der Waals surface area contributed by atoms with Gasteiger partial charge < -0.3 is 23.7 Å². The molecule has 3 unspecified atom stereocenters. The van der Waals surface area contributed by atoms with Gasteiger partial charge in [0.15, 0.2) is 0 Å². The zero-order chi connectivity index (χ0) is 30.1. The molecule has 0 aliphatic carbocycles. The summed E-state index contributed by atoms with van der Waals surface area (Å²) in [5, 5.41) is 0. The van der Waals surface area contributed by atoms with Crippen molar-refractivity contribution in [2.45, 2.75) is 77.5 Å². The number of benzene rings is 4. The normalized spacial score (nSPS) is 19.6. The smallest absolute Gasteiger partial charge is 0.128 e. The maximum atomic E-state index is 6.84. The van der Waals surface area contributed by atoms with Crippen LogP contribution in [0.1, 0.15) is 71.2 Å². The second-order valence-electron chi connectivity index (χ2n) is 11.9. The average molecular weight is 593 g/mol. The van der Waals surface area contributed by atoms with Crippen LogP contribution in [0.2, 0.25) is 0 Å². The Morgan fingerprint density at radius 1 is 0.818 bits per heavy atom. The molecule has 3 atom stereocenters. The van der Waals surface area contributed by atoms with Gasteiger partial charge in [0.25, 0.3) is 0 Å². The topological polar surface area (TPSA) is 46.2 Å². The molecule has 0 radical (unpaired) electrons. The summed E-state index contributed by atoms with van der Waals surface area (Å²) in [6, 6.07) is 31.5. The zero-order valence-corrected chi connectivity index (χ0v) is 26.0. The van der Waals surface area contributed by atoms with Gasteiger partial charge in [0, 0.05) is 18.4 Å². The highest BCUT2D eigenvalue weighted by molar-refractivity contribution is 5.53. The molecule has 44 heavy (non-hydrogen) atoms. The van der Waals surface area contributed by atoms with Crippen LogP contribution in [0, 0.1) is 6.92 Å². The Morgan fingerprint density at radius 2 is 1.55 bits per heavy atom. The predicted molar refractivity (Wildman–Crippen MR) is 173 cm³/mol. The Labute approximate surface area is 262 Å². The molecule has 4 aromatic rings. The summed E-state index contributed by atoms with van der Waals surface area (Å²) in [5.74, 6) is 1.92. The lowest BCUT2D eigenvalue weighted by atomic mass is 9.86. The molecule has 0 spiro atoms. The average Bonchev–Trinajstić information content (AvgIpc) is 3.07. The van der Waals surface area contributed by atoms with Crippen LogP contribution in [-0.4, -0.2) is 32.0 Å². The lowest BCUT2D eigenvalue weighted by Gasteiger charge is -2.37.